The van der Waals surface area contributed by atoms with E-state index in [9.17, 15) is 36.7 Å². The molecule has 2 aliphatic rings. The molecule has 4 aromatic carbocycles. The Morgan fingerprint density at radius 1 is 0.567 bits per heavy atom. The van der Waals surface area contributed by atoms with Crippen molar-refractivity contribution in [3.05, 3.63) is 174 Å². The van der Waals surface area contributed by atoms with Crippen LogP contribution in [0.25, 0.3) is 21.5 Å². The van der Waals surface area contributed by atoms with Gasteiger partial charge in [-0.05, 0) is 75.2 Å². The van der Waals surface area contributed by atoms with Gasteiger partial charge in [0.05, 0.1) is 57.5 Å². The van der Waals surface area contributed by atoms with Crippen LogP contribution in [0.1, 0.15) is 94.2 Å². The first-order chi connectivity index (χ1) is 42.9. The van der Waals surface area contributed by atoms with Gasteiger partial charge in [0.1, 0.15) is 30.8 Å². The SMILES string of the molecule is CC1(C)CN(C(=O)c2cc(Cc3n[nH]c(=O)c4ccccc34)ccc2F)Cc2nnc(CF)n21.CC1(C)CNCc2nnc(CF)n21.O=C(O)c1cc(Cc2n[nH]c(=O)c3ccccc23)ccc1F.S.S=S=S=S=S=S=S=S=S=S=S=S=S=S=S=S=S=S=S=S. The first-order valence-corrected chi connectivity index (χ1v) is 50.2. The fraction of sp³-hybridized carbons (Fsp3) is 0.292. The Morgan fingerprint density at radius 3 is 1.40 bits per heavy atom. The maximum atomic E-state index is 14.8. The molecule has 0 unspecified atom stereocenters. The molecule has 0 radical (unpaired) electrons. The standard InChI is InChI=1S/C24H22F2N6O2.C16H11FN2O3.C8H13FN4.S20.H2S/c1-24(2)13-31(12-21-29-28-20(11-25)32(21)24)23(34)17-9-14(7-8-18(17)26)10-19-15-5-3-4-6-16(15)22(33)30-27-19;17-13-6-5-9(7-12(13)16(21)22)8-14-10-3-1-2-4-11(10)15(20)19-18-14;1-8(2)5-10-4-7-12-11-6(3-9)13(7)8;1-3-5-7-9-11-13-15-17-19-20-18-16-14-12-10-8-6-4-2;/h3-9H,10-13H2,1-2H3,(H,30,33);1-7H,8H2,(H,19,20)(H,21,22);10H,3-5H2,1-2H3;;1H2. The van der Waals surface area contributed by atoms with E-state index in [1.807, 2.05) is 38.3 Å². The van der Waals surface area contributed by atoms with E-state index in [0.29, 0.717) is 68.7 Å². The van der Waals surface area contributed by atoms with Gasteiger partial charge in [-0.15, -0.1) is 20.4 Å². The van der Waals surface area contributed by atoms with E-state index in [1.165, 1.54) is 46.9 Å². The zero-order chi connectivity index (χ0) is 63.9. The van der Waals surface area contributed by atoms with Gasteiger partial charge in [-0.3, -0.25) is 14.4 Å². The maximum absolute atomic E-state index is 14.8. The molecule has 6 heterocycles. The predicted molar refractivity (Wildman–Crippen MR) is 403 cm³/mol. The first kappa shape index (κ1) is 75.8. The summed E-state index contributed by atoms with van der Waals surface area (Å²) in [5.41, 5.74) is 0.684. The summed E-state index contributed by atoms with van der Waals surface area (Å²) in [6.07, 6.45) is 0.593. The fourth-order valence-corrected chi connectivity index (χ4v) is 52.9. The van der Waals surface area contributed by atoms with Crippen molar-refractivity contribution in [3.63, 3.8) is 0 Å². The van der Waals surface area contributed by atoms with Crippen molar-refractivity contribution in [2.45, 2.75) is 78.1 Å². The highest BCUT2D eigenvalue weighted by atomic mass is 33.5. The summed E-state index contributed by atoms with van der Waals surface area (Å²) in [6, 6.07) is 22.4. The van der Waals surface area contributed by atoms with Gasteiger partial charge >= 0.3 is 5.97 Å². The Bertz CT molecular complexity index is 4920. The van der Waals surface area contributed by atoms with Crippen LogP contribution in [0, 0.1) is 11.6 Å². The minimum Gasteiger partial charge on any atom is -0.478 e. The van der Waals surface area contributed by atoms with E-state index < -0.39 is 42.4 Å². The number of aromatic amines is 2. The zero-order valence-corrected chi connectivity index (χ0v) is 63.9. The number of H-pyrrole nitrogens is 2. The summed E-state index contributed by atoms with van der Waals surface area (Å²) in [5.74, 6) is -1.30. The molecule has 2 aliphatic heterocycles. The van der Waals surface area contributed by atoms with Crippen molar-refractivity contribution < 1.29 is 32.3 Å². The summed E-state index contributed by atoms with van der Waals surface area (Å²) in [6.45, 7) is 8.36. The van der Waals surface area contributed by atoms with Gasteiger partial charge in [-0.2, -0.15) is 23.7 Å². The molecule has 0 spiro atoms. The van der Waals surface area contributed by atoms with Gasteiger partial charge in [-0.1, -0.05) is 48.5 Å². The number of aromatic nitrogens is 10. The number of carbonyl (C=O) groups excluding carboxylic acids is 1. The summed E-state index contributed by atoms with van der Waals surface area (Å²) in [5, 5.41) is 43.3. The number of nitrogens with zero attached hydrogens (tertiary/aromatic N) is 9. The molecule has 42 heteroatoms. The highest BCUT2D eigenvalue weighted by Crippen LogP contribution is 2.30. The number of amides is 1. The average molecular weight is 1620 g/mol. The Kier molecular flexibility index (Phi) is 32.3. The van der Waals surface area contributed by atoms with Crippen molar-refractivity contribution in [2.24, 2.45) is 0 Å². The zero-order valence-electron chi connectivity index (χ0n) is 46.5. The highest BCUT2D eigenvalue weighted by Gasteiger charge is 2.38. The van der Waals surface area contributed by atoms with Gasteiger partial charge < -0.3 is 24.5 Å². The van der Waals surface area contributed by atoms with E-state index >= 15 is 0 Å². The number of halogens is 4. The van der Waals surface area contributed by atoms with Crippen LogP contribution >= 0.6 is 13.5 Å². The number of hydrogen-bond donors (Lipinski definition) is 4. The molecule has 4 aromatic heterocycles. The van der Waals surface area contributed by atoms with E-state index in [0.717, 1.165) is 18.4 Å². The molecule has 10 rings (SSSR count). The first-order valence-electron chi connectivity index (χ1n) is 24.9. The minimum absolute atomic E-state index is 0. The lowest BCUT2D eigenvalue weighted by Gasteiger charge is -2.39. The quantitative estimate of drug-likeness (QED) is 0.126. The number of rotatable bonds is 8. The molecule has 17 nitrogen and oxygen atoms in total. The summed E-state index contributed by atoms with van der Waals surface area (Å²) in [4.78, 5) is 49.6. The van der Waals surface area contributed by atoms with E-state index in [2.05, 4.69) is 46.1 Å². The minimum atomic E-state index is -1.32. The second-order valence-electron chi connectivity index (χ2n) is 19.0. The molecular weight excluding hydrogens is 1570 g/mol. The number of fused-ring (bicyclic) bond motifs is 4. The third kappa shape index (κ3) is 21.7. The Balaban J connectivity index is 0.000000202. The lowest BCUT2D eigenvalue weighted by atomic mass is 9.99. The molecule has 0 saturated heterocycles. The highest BCUT2D eigenvalue weighted by molar-refractivity contribution is 8.78. The molecule has 484 valence electrons. The van der Waals surface area contributed by atoms with Gasteiger partial charge in [0.2, 0.25) is 0 Å². The number of carbonyl (C=O) groups is 2. The van der Waals surface area contributed by atoms with Crippen LogP contribution in [0.2, 0.25) is 0 Å². The second-order valence-corrected chi connectivity index (χ2v) is 50.8. The van der Waals surface area contributed by atoms with Crippen molar-refractivity contribution in [1.82, 2.24) is 60.1 Å². The lowest BCUT2D eigenvalue weighted by molar-refractivity contribution is 0.0590. The molecule has 90 heavy (non-hydrogen) atoms. The van der Waals surface area contributed by atoms with Crippen molar-refractivity contribution >= 4 is 229 Å². The van der Waals surface area contributed by atoms with Gasteiger partial charge in [0.15, 0.2) is 17.5 Å². The van der Waals surface area contributed by atoms with Crippen LogP contribution in [0.3, 0.4) is 0 Å². The number of nitrogens with one attached hydrogen (secondary N) is 3. The molecule has 0 atom stereocenters. The number of carboxylic acid groups (broad SMARTS) is 1. The monoisotopic (exact) mass is 1620 g/mol. The maximum Gasteiger partial charge on any atom is 0.338 e. The number of alkyl halides is 2. The lowest BCUT2D eigenvalue weighted by Crippen LogP contribution is -2.49. The third-order valence-corrected chi connectivity index (χ3v) is 50.1. The van der Waals surface area contributed by atoms with E-state index in [4.69, 9.17) is 27.5 Å². The van der Waals surface area contributed by atoms with E-state index in [-0.39, 0.29) is 66.6 Å². The normalized spacial score (nSPS) is 12.8. The molecule has 0 fully saturated rings. The molecule has 0 saturated carbocycles. The van der Waals surface area contributed by atoms with Crippen LogP contribution in [0.5, 0.6) is 0 Å². The molecular formula is C48H48F4N12O5S21. The number of carboxylic acids is 1. The molecule has 1 amide bonds. The summed E-state index contributed by atoms with van der Waals surface area (Å²) < 4.78 is 57.7. The van der Waals surface area contributed by atoms with Crippen LogP contribution in [-0.4, -0.2) is 84.9 Å². The fourth-order valence-electron chi connectivity index (χ4n) is 9.01. The number of benzene rings is 4. The summed E-state index contributed by atoms with van der Waals surface area (Å²) >= 11 is 9.51. The Labute approximate surface area is 579 Å². The molecule has 8 aromatic rings. The largest absolute Gasteiger partial charge is 0.478 e. The predicted octanol–water partition coefficient (Wildman–Crippen LogP) is 6.11. The van der Waals surface area contributed by atoms with E-state index in [1.54, 1.807) is 195 Å². The summed E-state index contributed by atoms with van der Waals surface area (Å²) in [7, 11) is 30.8. The Morgan fingerprint density at radius 2 is 0.967 bits per heavy atom. The Hall–Kier alpha value is -3.19. The molecule has 4 N–H and O–H groups in total. The van der Waals surface area contributed by atoms with Crippen LogP contribution in [-0.2, 0) is 233 Å². The van der Waals surface area contributed by atoms with Gasteiger partial charge in [0, 0.05) is 219 Å². The number of aromatic carboxylic acids is 1. The van der Waals surface area contributed by atoms with Crippen molar-refractivity contribution in [2.75, 3.05) is 13.1 Å². The van der Waals surface area contributed by atoms with Gasteiger partial charge in [0.25, 0.3) is 17.0 Å². The smallest absolute Gasteiger partial charge is 0.338 e. The third-order valence-electron chi connectivity index (χ3n) is 12.4. The van der Waals surface area contributed by atoms with Crippen LogP contribution < -0.4 is 16.4 Å². The van der Waals surface area contributed by atoms with Crippen molar-refractivity contribution in [3.8, 4) is 0 Å². The van der Waals surface area contributed by atoms with Gasteiger partial charge in [-0.25, -0.2) is 32.6 Å². The average Bonchev–Trinajstić information content (AvgIpc) is 1.66. The van der Waals surface area contributed by atoms with Crippen molar-refractivity contribution in [1.29, 1.82) is 0 Å². The van der Waals surface area contributed by atoms with Crippen LogP contribution in [0.4, 0.5) is 17.6 Å². The topological polar surface area (TPSA) is 223 Å². The second kappa shape index (κ2) is 38.4. The molecule has 0 bridgehead atoms. The number of hydrogen-bond acceptors (Lipinski definition) is 13. The molecule has 0 aliphatic carbocycles. The van der Waals surface area contributed by atoms with Crippen LogP contribution in [0.15, 0.2) is 94.5 Å².